The Hall–Kier alpha value is -3.29. The molecule has 3 rings (SSSR count). The van der Waals surface area contributed by atoms with Gasteiger partial charge in [-0.15, -0.1) is 0 Å². The summed E-state index contributed by atoms with van der Waals surface area (Å²) in [5.74, 6) is 0.863. The van der Waals surface area contributed by atoms with Gasteiger partial charge in [-0.05, 0) is 30.3 Å². The van der Waals surface area contributed by atoms with Gasteiger partial charge in [0.15, 0.2) is 11.6 Å². The molecule has 0 unspecified atom stereocenters. The Morgan fingerprint density at radius 1 is 0.920 bits per heavy atom. The van der Waals surface area contributed by atoms with Crippen molar-refractivity contribution in [2.24, 2.45) is 0 Å². The number of hydrogen-bond donors (Lipinski definition) is 1. The largest absolute Gasteiger partial charge is 0.416 e. The lowest BCUT2D eigenvalue weighted by Crippen LogP contribution is -2.05. The maximum Gasteiger partial charge on any atom is 0.416 e. The molecule has 2 aromatic heterocycles. The summed E-state index contributed by atoms with van der Waals surface area (Å²) in [6, 6.07) is 4.66. The van der Waals surface area contributed by atoms with Gasteiger partial charge in [0.1, 0.15) is 5.69 Å². The summed E-state index contributed by atoms with van der Waals surface area (Å²) in [7, 11) is 0. The SMILES string of the molecule is C=Cc1ncc(-c2nccnc2Nc2ccc(C(F)(F)F)cc2)cn1. The van der Waals surface area contributed by atoms with Gasteiger partial charge in [-0.25, -0.2) is 15.0 Å². The van der Waals surface area contributed by atoms with Gasteiger partial charge in [-0.1, -0.05) is 6.58 Å². The molecule has 0 radical (unpaired) electrons. The van der Waals surface area contributed by atoms with Gasteiger partial charge in [0.2, 0.25) is 0 Å². The Kier molecular flexibility index (Phi) is 4.42. The van der Waals surface area contributed by atoms with Gasteiger partial charge in [0.05, 0.1) is 5.56 Å². The standard InChI is InChI=1S/C17H12F3N5/c1-2-14-23-9-11(10-24-14)15-16(22-8-7-21-15)25-13-5-3-12(4-6-13)17(18,19)20/h2-10H,1H2,(H,22,25). The molecule has 0 saturated heterocycles. The van der Waals surface area contributed by atoms with E-state index in [0.29, 0.717) is 28.6 Å². The highest BCUT2D eigenvalue weighted by Crippen LogP contribution is 2.31. The van der Waals surface area contributed by atoms with Crippen molar-refractivity contribution in [1.29, 1.82) is 0 Å². The van der Waals surface area contributed by atoms with Crippen molar-refractivity contribution in [2.45, 2.75) is 6.18 Å². The normalized spacial score (nSPS) is 11.2. The molecule has 0 aliphatic heterocycles. The highest BCUT2D eigenvalue weighted by Gasteiger charge is 2.29. The molecule has 5 nitrogen and oxygen atoms in total. The lowest BCUT2D eigenvalue weighted by Gasteiger charge is -2.11. The van der Waals surface area contributed by atoms with Gasteiger partial charge in [-0.3, -0.25) is 4.98 Å². The topological polar surface area (TPSA) is 63.6 Å². The van der Waals surface area contributed by atoms with Crippen molar-refractivity contribution < 1.29 is 13.2 Å². The Labute approximate surface area is 141 Å². The molecule has 3 aromatic rings. The van der Waals surface area contributed by atoms with E-state index in [1.807, 2.05) is 0 Å². The molecule has 0 fully saturated rings. The zero-order valence-electron chi connectivity index (χ0n) is 12.8. The first kappa shape index (κ1) is 16.6. The molecule has 8 heteroatoms. The molecular weight excluding hydrogens is 331 g/mol. The van der Waals surface area contributed by atoms with Gasteiger partial charge >= 0.3 is 6.18 Å². The maximum absolute atomic E-state index is 12.6. The second-order valence-electron chi connectivity index (χ2n) is 4.99. The fourth-order valence-corrected chi connectivity index (χ4v) is 2.09. The van der Waals surface area contributed by atoms with E-state index >= 15 is 0 Å². The molecular formula is C17H12F3N5. The fourth-order valence-electron chi connectivity index (χ4n) is 2.09. The van der Waals surface area contributed by atoms with Crippen LogP contribution in [0.4, 0.5) is 24.7 Å². The number of rotatable bonds is 4. The summed E-state index contributed by atoms with van der Waals surface area (Å²) in [5.41, 5.74) is 0.843. The van der Waals surface area contributed by atoms with Crippen LogP contribution in [0.2, 0.25) is 0 Å². The van der Waals surface area contributed by atoms with Crippen LogP contribution in [-0.4, -0.2) is 19.9 Å². The van der Waals surface area contributed by atoms with Crippen LogP contribution in [0.15, 0.2) is 55.6 Å². The van der Waals surface area contributed by atoms with Crippen LogP contribution in [0, 0.1) is 0 Å². The third-order valence-electron chi connectivity index (χ3n) is 3.30. The molecule has 25 heavy (non-hydrogen) atoms. The quantitative estimate of drug-likeness (QED) is 0.763. The predicted molar refractivity (Wildman–Crippen MR) is 87.9 cm³/mol. The summed E-state index contributed by atoms with van der Waals surface area (Å²) < 4.78 is 37.9. The Balaban J connectivity index is 1.89. The molecule has 1 aromatic carbocycles. The van der Waals surface area contributed by atoms with Crippen LogP contribution in [-0.2, 0) is 6.18 Å². The van der Waals surface area contributed by atoms with E-state index in [-0.39, 0.29) is 0 Å². The molecule has 2 heterocycles. The predicted octanol–water partition coefficient (Wildman–Crippen LogP) is 4.34. The number of aromatic nitrogens is 4. The van der Waals surface area contributed by atoms with Crippen molar-refractivity contribution in [3.63, 3.8) is 0 Å². The van der Waals surface area contributed by atoms with Crippen molar-refractivity contribution in [3.05, 3.63) is 67.0 Å². The summed E-state index contributed by atoms with van der Waals surface area (Å²) in [6.45, 7) is 3.59. The van der Waals surface area contributed by atoms with Crippen LogP contribution in [0.3, 0.4) is 0 Å². The molecule has 0 aliphatic carbocycles. The second-order valence-corrected chi connectivity index (χ2v) is 4.99. The third-order valence-corrected chi connectivity index (χ3v) is 3.30. The van der Waals surface area contributed by atoms with E-state index in [9.17, 15) is 13.2 Å². The first-order valence-corrected chi connectivity index (χ1v) is 7.17. The van der Waals surface area contributed by atoms with Crippen molar-refractivity contribution in [3.8, 4) is 11.3 Å². The average molecular weight is 343 g/mol. The zero-order valence-corrected chi connectivity index (χ0v) is 12.8. The van der Waals surface area contributed by atoms with Gasteiger partial charge < -0.3 is 5.32 Å². The van der Waals surface area contributed by atoms with Crippen molar-refractivity contribution >= 4 is 17.6 Å². The summed E-state index contributed by atoms with van der Waals surface area (Å²) in [6.07, 6.45) is 3.28. The van der Waals surface area contributed by atoms with E-state index in [1.165, 1.54) is 30.6 Å². The van der Waals surface area contributed by atoms with Crippen molar-refractivity contribution in [1.82, 2.24) is 19.9 Å². The summed E-state index contributed by atoms with van der Waals surface area (Å²) in [4.78, 5) is 16.7. The first-order valence-electron chi connectivity index (χ1n) is 7.17. The number of nitrogens with zero attached hydrogens (tertiary/aromatic N) is 4. The Morgan fingerprint density at radius 2 is 1.56 bits per heavy atom. The van der Waals surface area contributed by atoms with E-state index in [0.717, 1.165) is 12.1 Å². The smallest absolute Gasteiger partial charge is 0.338 e. The molecule has 0 aliphatic rings. The molecule has 1 N–H and O–H groups in total. The average Bonchev–Trinajstić information content (AvgIpc) is 2.62. The number of halogens is 3. The maximum atomic E-state index is 12.6. The Morgan fingerprint density at radius 3 is 2.16 bits per heavy atom. The minimum absolute atomic E-state index is 0.386. The fraction of sp³-hybridized carbons (Fsp3) is 0.0588. The monoisotopic (exact) mass is 343 g/mol. The first-order chi connectivity index (χ1) is 12.0. The lowest BCUT2D eigenvalue weighted by atomic mass is 10.2. The van der Waals surface area contributed by atoms with E-state index in [4.69, 9.17) is 0 Å². The van der Waals surface area contributed by atoms with E-state index in [1.54, 1.807) is 12.4 Å². The minimum Gasteiger partial charge on any atom is -0.338 e. The molecule has 0 atom stereocenters. The van der Waals surface area contributed by atoms with Crippen LogP contribution in [0.1, 0.15) is 11.4 Å². The highest BCUT2D eigenvalue weighted by atomic mass is 19.4. The zero-order chi connectivity index (χ0) is 17.9. The summed E-state index contributed by atoms with van der Waals surface area (Å²) >= 11 is 0. The summed E-state index contributed by atoms with van der Waals surface area (Å²) in [5, 5.41) is 2.96. The molecule has 0 saturated carbocycles. The molecule has 0 amide bonds. The van der Waals surface area contributed by atoms with Crippen LogP contribution in [0.5, 0.6) is 0 Å². The number of anilines is 2. The van der Waals surface area contributed by atoms with E-state index in [2.05, 4.69) is 31.8 Å². The van der Waals surface area contributed by atoms with Crippen molar-refractivity contribution in [2.75, 3.05) is 5.32 Å². The van der Waals surface area contributed by atoms with Gasteiger partial charge in [0.25, 0.3) is 0 Å². The molecule has 126 valence electrons. The van der Waals surface area contributed by atoms with Crippen LogP contribution >= 0.6 is 0 Å². The van der Waals surface area contributed by atoms with Crippen LogP contribution in [0.25, 0.3) is 17.3 Å². The number of nitrogens with one attached hydrogen (secondary N) is 1. The van der Waals surface area contributed by atoms with E-state index < -0.39 is 11.7 Å². The minimum atomic E-state index is -4.37. The second kappa shape index (κ2) is 6.68. The number of hydrogen-bond acceptors (Lipinski definition) is 5. The lowest BCUT2D eigenvalue weighted by molar-refractivity contribution is -0.137. The molecule has 0 bridgehead atoms. The van der Waals surface area contributed by atoms with Crippen LogP contribution < -0.4 is 5.32 Å². The number of alkyl halides is 3. The third kappa shape index (κ3) is 3.79. The Bertz CT molecular complexity index is 874. The molecule has 0 spiro atoms. The highest BCUT2D eigenvalue weighted by molar-refractivity contribution is 5.74. The van der Waals surface area contributed by atoms with Gasteiger partial charge in [-0.2, -0.15) is 13.2 Å². The van der Waals surface area contributed by atoms with Gasteiger partial charge in [0, 0.05) is 36.0 Å². The number of benzene rings is 1.